The Labute approximate surface area is 157 Å². The number of hydrogen-bond acceptors (Lipinski definition) is 4. The van der Waals surface area contributed by atoms with Gasteiger partial charge in [0.25, 0.3) is 11.5 Å². The molecule has 0 atom stereocenters. The van der Waals surface area contributed by atoms with Gasteiger partial charge in [0.15, 0.2) is 0 Å². The maximum absolute atomic E-state index is 12.2. The third kappa shape index (κ3) is 5.04. The summed E-state index contributed by atoms with van der Waals surface area (Å²) in [4.78, 5) is 23.7. The minimum atomic E-state index is -0.318. The molecule has 0 saturated carbocycles. The van der Waals surface area contributed by atoms with E-state index in [0.29, 0.717) is 19.7 Å². The number of nitrogens with zero attached hydrogens (tertiary/aromatic N) is 2. The Morgan fingerprint density at radius 2 is 1.74 bits per heavy atom. The molecule has 2 aromatic carbocycles. The number of carbonyl (C=O) groups excluding carboxylic acids is 1. The summed E-state index contributed by atoms with van der Waals surface area (Å²) in [5, 5.41) is 6.85. The van der Waals surface area contributed by atoms with E-state index in [1.54, 1.807) is 6.92 Å². The van der Waals surface area contributed by atoms with Gasteiger partial charge in [-0.2, -0.15) is 5.10 Å². The highest BCUT2D eigenvalue weighted by atomic mass is 16.5. The molecule has 0 fully saturated rings. The third-order valence-electron chi connectivity index (χ3n) is 4.02. The van der Waals surface area contributed by atoms with Gasteiger partial charge in [-0.25, -0.2) is 4.68 Å². The van der Waals surface area contributed by atoms with Crippen LogP contribution in [0.2, 0.25) is 0 Å². The Morgan fingerprint density at radius 3 is 2.44 bits per heavy atom. The topological polar surface area (TPSA) is 73.2 Å². The molecule has 138 valence electrons. The molecule has 6 nitrogen and oxygen atoms in total. The predicted octanol–water partition coefficient (Wildman–Crippen LogP) is 2.77. The van der Waals surface area contributed by atoms with Crippen molar-refractivity contribution in [2.45, 2.75) is 26.6 Å². The van der Waals surface area contributed by atoms with Crippen molar-refractivity contribution in [3.8, 4) is 5.75 Å². The molecule has 1 aromatic heterocycles. The molecule has 0 aliphatic heterocycles. The van der Waals surface area contributed by atoms with Crippen molar-refractivity contribution in [3.63, 3.8) is 0 Å². The van der Waals surface area contributed by atoms with E-state index in [4.69, 9.17) is 4.74 Å². The van der Waals surface area contributed by atoms with Crippen LogP contribution in [0.25, 0.3) is 0 Å². The van der Waals surface area contributed by atoms with Crippen molar-refractivity contribution >= 4 is 5.91 Å². The molecule has 3 aromatic rings. The van der Waals surface area contributed by atoms with Crippen molar-refractivity contribution in [3.05, 3.63) is 93.9 Å². The summed E-state index contributed by atoms with van der Waals surface area (Å²) in [6, 6.07) is 20.3. The van der Waals surface area contributed by atoms with E-state index >= 15 is 0 Å². The highest BCUT2D eigenvalue weighted by Gasteiger charge is 2.09. The van der Waals surface area contributed by atoms with Gasteiger partial charge in [-0.05, 0) is 36.2 Å². The normalized spacial score (nSPS) is 10.4. The zero-order valence-electron chi connectivity index (χ0n) is 15.1. The van der Waals surface area contributed by atoms with Gasteiger partial charge in [0.2, 0.25) is 0 Å². The highest BCUT2D eigenvalue weighted by molar-refractivity contribution is 5.91. The first-order chi connectivity index (χ1) is 13.2. The second-order valence-corrected chi connectivity index (χ2v) is 5.97. The number of nitrogens with one attached hydrogen (secondary N) is 1. The molecule has 27 heavy (non-hydrogen) atoms. The maximum atomic E-state index is 12.2. The SMILES string of the molecule is CCn1nc(C(=O)NCc2ccc(OCc3ccccc3)cc2)ccc1=O. The average Bonchev–Trinajstić information content (AvgIpc) is 2.72. The van der Waals surface area contributed by atoms with E-state index in [2.05, 4.69) is 10.4 Å². The smallest absolute Gasteiger partial charge is 0.271 e. The fraction of sp³-hybridized carbons (Fsp3) is 0.190. The second-order valence-electron chi connectivity index (χ2n) is 5.97. The van der Waals surface area contributed by atoms with Gasteiger partial charge >= 0.3 is 0 Å². The Hall–Kier alpha value is -3.41. The Balaban J connectivity index is 1.54. The van der Waals surface area contributed by atoms with Crippen molar-refractivity contribution in [1.82, 2.24) is 15.1 Å². The summed E-state index contributed by atoms with van der Waals surface area (Å²) < 4.78 is 7.01. The summed E-state index contributed by atoms with van der Waals surface area (Å²) in [7, 11) is 0. The summed E-state index contributed by atoms with van der Waals surface area (Å²) in [6.45, 7) is 3.10. The van der Waals surface area contributed by atoms with Crippen LogP contribution >= 0.6 is 0 Å². The van der Waals surface area contributed by atoms with Gasteiger partial charge in [0.1, 0.15) is 18.1 Å². The van der Waals surface area contributed by atoms with Crippen LogP contribution in [0, 0.1) is 0 Å². The number of aryl methyl sites for hydroxylation is 1. The molecule has 0 radical (unpaired) electrons. The first-order valence-electron chi connectivity index (χ1n) is 8.77. The van der Waals surface area contributed by atoms with Gasteiger partial charge in [-0.3, -0.25) is 9.59 Å². The molecule has 6 heteroatoms. The minimum Gasteiger partial charge on any atom is -0.489 e. The van der Waals surface area contributed by atoms with E-state index in [1.165, 1.54) is 16.8 Å². The number of rotatable bonds is 7. The van der Waals surface area contributed by atoms with Crippen LogP contribution in [-0.2, 0) is 19.7 Å². The highest BCUT2D eigenvalue weighted by Crippen LogP contribution is 2.14. The Morgan fingerprint density at radius 1 is 1.00 bits per heavy atom. The molecule has 0 aliphatic rings. The standard InChI is InChI=1S/C21H21N3O3/c1-2-24-20(25)13-12-19(23-24)21(26)22-14-16-8-10-18(11-9-16)27-15-17-6-4-3-5-7-17/h3-13H,2,14-15H2,1H3,(H,22,26). The van der Waals surface area contributed by atoms with Crippen LogP contribution in [0.15, 0.2) is 71.5 Å². The van der Waals surface area contributed by atoms with Crippen molar-refractivity contribution < 1.29 is 9.53 Å². The maximum Gasteiger partial charge on any atom is 0.271 e. The molecule has 0 unspecified atom stereocenters. The Bertz CT molecular complexity index is 950. The molecule has 0 saturated heterocycles. The molecule has 0 bridgehead atoms. The van der Waals surface area contributed by atoms with Gasteiger partial charge in [0.05, 0.1) is 0 Å². The molecule has 1 heterocycles. The number of benzene rings is 2. The largest absolute Gasteiger partial charge is 0.489 e. The van der Waals surface area contributed by atoms with Gasteiger partial charge < -0.3 is 10.1 Å². The number of hydrogen-bond donors (Lipinski definition) is 1. The molecule has 1 N–H and O–H groups in total. The lowest BCUT2D eigenvalue weighted by Crippen LogP contribution is -2.29. The van der Waals surface area contributed by atoms with E-state index in [-0.39, 0.29) is 17.2 Å². The second kappa shape index (κ2) is 8.80. The predicted molar refractivity (Wildman–Crippen MR) is 103 cm³/mol. The zero-order valence-corrected chi connectivity index (χ0v) is 15.1. The molecule has 3 rings (SSSR count). The van der Waals surface area contributed by atoms with Crippen LogP contribution in [0.3, 0.4) is 0 Å². The van der Waals surface area contributed by atoms with E-state index in [0.717, 1.165) is 16.9 Å². The number of carbonyl (C=O) groups is 1. The van der Waals surface area contributed by atoms with E-state index in [1.807, 2.05) is 54.6 Å². The first-order valence-corrected chi connectivity index (χ1v) is 8.77. The Kier molecular flexibility index (Phi) is 5.99. The molecule has 0 aliphatic carbocycles. The molecule has 1 amide bonds. The number of aromatic nitrogens is 2. The fourth-order valence-electron chi connectivity index (χ4n) is 2.51. The lowest BCUT2D eigenvalue weighted by molar-refractivity contribution is 0.0943. The lowest BCUT2D eigenvalue weighted by Gasteiger charge is -2.09. The van der Waals surface area contributed by atoms with Crippen LogP contribution in [0.4, 0.5) is 0 Å². The fourth-order valence-corrected chi connectivity index (χ4v) is 2.51. The summed E-state index contributed by atoms with van der Waals surface area (Å²) in [5.74, 6) is 0.451. The van der Waals surface area contributed by atoms with Crippen molar-refractivity contribution in [1.29, 1.82) is 0 Å². The van der Waals surface area contributed by atoms with Gasteiger partial charge in [-0.1, -0.05) is 42.5 Å². The lowest BCUT2D eigenvalue weighted by atomic mass is 10.2. The molecular formula is C21H21N3O3. The molecular weight excluding hydrogens is 342 g/mol. The summed E-state index contributed by atoms with van der Waals surface area (Å²) >= 11 is 0. The average molecular weight is 363 g/mol. The van der Waals surface area contributed by atoms with Crippen LogP contribution in [-0.4, -0.2) is 15.7 Å². The minimum absolute atomic E-state index is 0.222. The number of amides is 1. The number of ether oxygens (including phenoxy) is 1. The van der Waals surface area contributed by atoms with Crippen molar-refractivity contribution in [2.75, 3.05) is 0 Å². The summed E-state index contributed by atoms with van der Waals surface area (Å²) in [5.41, 5.74) is 2.05. The third-order valence-corrected chi connectivity index (χ3v) is 4.02. The molecule has 0 spiro atoms. The van der Waals surface area contributed by atoms with E-state index < -0.39 is 0 Å². The monoisotopic (exact) mass is 363 g/mol. The van der Waals surface area contributed by atoms with Crippen molar-refractivity contribution in [2.24, 2.45) is 0 Å². The first kappa shape index (κ1) is 18.4. The van der Waals surface area contributed by atoms with Gasteiger partial charge in [-0.15, -0.1) is 0 Å². The summed E-state index contributed by atoms with van der Waals surface area (Å²) in [6.07, 6.45) is 0. The van der Waals surface area contributed by atoms with Crippen LogP contribution < -0.4 is 15.6 Å². The van der Waals surface area contributed by atoms with Crippen LogP contribution in [0.1, 0.15) is 28.5 Å². The quantitative estimate of drug-likeness (QED) is 0.701. The van der Waals surface area contributed by atoms with Crippen LogP contribution in [0.5, 0.6) is 5.75 Å². The van der Waals surface area contributed by atoms with E-state index in [9.17, 15) is 9.59 Å². The van der Waals surface area contributed by atoms with Gasteiger partial charge in [0, 0.05) is 19.2 Å². The zero-order chi connectivity index (χ0) is 19.1.